The maximum absolute atomic E-state index is 11.3. The molecule has 114 valence electrons. The third-order valence-electron chi connectivity index (χ3n) is 3.27. The molecule has 0 heterocycles. The lowest BCUT2D eigenvalue weighted by molar-refractivity contribution is -0.384. The molecule has 0 spiro atoms. The minimum atomic E-state index is -0.784. The lowest BCUT2D eigenvalue weighted by Gasteiger charge is -2.13. The average molecular weight is 300 g/mol. The molecule has 22 heavy (non-hydrogen) atoms. The molecule has 6 heteroatoms. The van der Waals surface area contributed by atoms with Crippen LogP contribution in [0.1, 0.15) is 28.9 Å². The summed E-state index contributed by atoms with van der Waals surface area (Å²) in [6.07, 6.45) is -0.784. The molecule has 0 saturated heterocycles. The van der Waals surface area contributed by atoms with Crippen LogP contribution in [-0.2, 0) is 0 Å². The number of nitro benzene ring substituents is 1. The molecule has 1 atom stereocenters. The SMILES string of the molecule is CC(=O)c1ccc(NC[C@H](O)c2ccccc2)c([N+](=O)[O-])c1. The van der Waals surface area contributed by atoms with Crippen molar-refractivity contribution in [1.29, 1.82) is 0 Å². The number of aliphatic hydroxyl groups excluding tert-OH is 1. The van der Waals surface area contributed by atoms with Crippen molar-refractivity contribution in [2.45, 2.75) is 13.0 Å². The molecule has 0 radical (unpaired) electrons. The zero-order valence-electron chi connectivity index (χ0n) is 12.0. The Morgan fingerprint density at radius 1 is 1.27 bits per heavy atom. The first-order valence-electron chi connectivity index (χ1n) is 6.75. The van der Waals surface area contributed by atoms with E-state index >= 15 is 0 Å². The number of hydrogen-bond donors (Lipinski definition) is 2. The number of carbonyl (C=O) groups excluding carboxylic acids is 1. The van der Waals surface area contributed by atoms with Crippen LogP contribution >= 0.6 is 0 Å². The summed E-state index contributed by atoms with van der Waals surface area (Å²) in [6, 6.07) is 13.2. The normalized spacial score (nSPS) is 11.7. The van der Waals surface area contributed by atoms with Crippen molar-refractivity contribution in [3.63, 3.8) is 0 Å². The Morgan fingerprint density at radius 2 is 1.95 bits per heavy atom. The summed E-state index contributed by atoms with van der Waals surface area (Å²) >= 11 is 0. The Balaban J connectivity index is 2.15. The number of anilines is 1. The largest absolute Gasteiger partial charge is 0.387 e. The molecule has 2 aromatic rings. The van der Waals surface area contributed by atoms with Crippen molar-refractivity contribution >= 4 is 17.2 Å². The fourth-order valence-corrected chi connectivity index (χ4v) is 2.05. The number of ketones is 1. The number of nitrogens with one attached hydrogen (secondary N) is 1. The third kappa shape index (κ3) is 3.67. The quantitative estimate of drug-likeness (QED) is 0.486. The van der Waals surface area contributed by atoms with Crippen molar-refractivity contribution in [1.82, 2.24) is 0 Å². The zero-order chi connectivity index (χ0) is 16.1. The summed E-state index contributed by atoms with van der Waals surface area (Å²) in [7, 11) is 0. The van der Waals surface area contributed by atoms with E-state index in [1.807, 2.05) is 18.2 Å². The zero-order valence-corrected chi connectivity index (χ0v) is 12.0. The van der Waals surface area contributed by atoms with Crippen molar-refractivity contribution in [2.24, 2.45) is 0 Å². The second-order valence-corrected chi connectivity index (χ2v) is 4.85. The van der Waals surface area contributed by atoms with Crippen molar-refractivity contribution in [3.8, 4) is 0 Å². The number of Topliss-reactive ketones (excluding diaryl/α,β-unsaturated/α-hetero) is 1. The van der Waals surface area contributed by atoms with Gasteiger partial charge in [-0.3, -0.25) is 14.9 Å². The maximum atomic E-state index is 11.3. The van der Waals surface area contributed by atoms with Gasteiger partial charge >= 0.3 is 0 Å². The average Bonchev–Trinajstić information content (AvgIpc) is 2.53. The highest BCUT2D eigenvalue weighted by Crippen LogP contribution is 2.26. The first kappa shape index (κ1) is 15.7. The van der Waals surface area contributed by atoms with E-state index < -0.39 is 11.0 Å². The van der Waals surface area contributed by atoms with Gasteiger partial charge in [0.25, 0.3) is 5.69 Å². The summed E-state index contributed by atoms with van der Waals surface area (Å²) in [5.41, 5.74) is 1.08. The van der Waals surface area contributed by atoms with Gasteiger partial charge in [0.1, 0.15) is 5.69 Å². The Bertz CT molecular complexity index is 686. The van der Waals surface area contributed by atoms with Crippen LogP contribution in [-0.4, -0.2) is 22.4 Å². The van der Waals surface area contributed by atoms with Crippen molar-refractivity contribution in [2.75, 3.05) is 11.9 Å². The number of carbonyl (C=O) groups is 1. The van der Waals surface area contributed by atoms with Crippen LogP contribution in [0.15, 0.2) is 48.5 Å². The van der Waals surface area contributed by atoms with Gasteiger partial charge in [-0.1, -0.05) is 30.3 Å². The number of nitro groups is 1. The summed E-state index contributed by atoms with van der Waals surface area (Å²) in [5, 5.41) is 24.0. The van der Waals surface area contributed by atoms with E-state index in [4.69, 9.17) is 0 Å². The molecule has 0 amide bonds. The van der Waals surface area contributed by atoms with Crippen LogP contribution in [0, 0.1) is 10.1 Å². The fourth-order valence-electron chi connectivity index (χ4n) is 2.05. The highest BCUT2D eigenvalue weighted by atomic mass is 16.6. The summed E-state index contributed by atoms with van der Waals surface area (Å²) in [5.74, 6) is -0.237. The molecule has 0 unspecified atom stereocenters. The molecule has 0 bridgehead atoms. The highest BCUT2D eigenvalue weighted by molar-refractivity contribution is 5.95. The van der Waals surface area contributed by atoms with E-state index in [0.29, 0.717) is 0 Å². The van der Waals surface area contributed by atoms with Gasteiger partial charge in [0.15, 0.2) is 5.78 Å². The van der Waals surface area contributed by atoms with E-state index in [2.05, 4.69) is 5.32 Å². The van der Waals surface area contributed by atoms with Crippen molar-refractivity contribution in [3.05, 3.63) is 69.8 Å². The molecule has 0 aliphatic carbocycles. The van der Waals surface area contributed by atoms with Crippen LogP contribution < -0.4 is 5.32 Å². The topological polar surface area (TPSA) is 92.5 Å². The molecule has 2 N–H and O–H groups in total. The van der Waals surface area contributed by atoms with E-state index in [1.54, 1.807) is 12.1 Å². The monoisotopic (exact) mass is 300 g/mol. The van der Waals surface area contributed by atoms with Gasteiger partial charge in [0.05, 0.1) is 11.0 Å². The van der Waals surface area contributed by atoms with Crippen LogP contribution in [0.3, 0.4) is 0 Å². The minimum Gasteiger partial charge on any atom is -0.387 e. The van der Waals surface area contributed by atoms with E-state index in [1.165, 1.54) is 25.1 Å². The molecule has 0 aliphatic rings. The lowest BCUT2D eigenvalue weighted by Crippen LogP contribution is -2.13. The Hall–Kier alpha value is -2.73. The molecule has 2 rings (SSSR count). The van der Waals surface area contributed by atoms with Gasteiger partial charge in [-0.05, 0) is 24.6 Å². The first-order valence-corrected chi connectivity index (χ1v) is 6.75. The molecule has 0 aliphatic heterocycles. The third-order valence-corrected chi connectivity index (χ3v) is 3.27. The number of hydrogen-bond acceptors (Lipinski definition) is 5. The lowest BCUT2D eigenvalue weighted by atomic mass is 10.1. The standard InChI is InChI=1S/C16H16N2O4/c1-11(19)13-7-8-14(15(9-13)18(21)22)17-10-16(20)12-5-3-2-4-6-12/h2-9,16-17,20H,10H2,1H3/t16-/m0/s1. The van der Waals surface area contributed by atoms with Gasteiger partial charge in [-0.25, -0.2) is 0 Å². The second-order valence-electron chi connectivity index (χ2n) is 4.85. The Kier molecular flexibility index (Phi) is 4.85. The number of nitrogens with zero attached hydrogens (tertiary/aromatic N) is 1. The van der Waals surface area contributed by atoms with E-state index in [-0.39, 0.29) is 29.3 Å². The summed E-state index contributed by atoms with van der Waals surface area (Å²) in [4.78, 5) is 21.9. The van der Waals surface area contributed by atoms with Gasteiger partial charge in [0, 0.05) is 18.2 Å². The molecular weight excluding hydrogens is 284 g/mol. The number of aliphatic hydroxyl groups is 1. The van der Waals surface area contributed by atoms with Crippen molar-refractivity contribution < 1.29 is 14.8 Å². The van der Waals surface area contributed by atoms with Crippen LogP contribution in [0.5, 0.6) is 0 Å². The maximum Gasteiger partial charge on any atom is 0.293 e. The fraction of sp³-hybridized carbons (Fsp3) is 0.188. The van der Waals surface area contributed by atoms with Gasteiger partial charge < -0.3 is 10.4 Å². The first-order chi connectivity index (χ1) is 10.5. The van der Waals surface area contributed by atoms with E-state index in [9.17, 15) is 20.0 Å². The smallest absolute Gasteiger partial charge is 0.293 e. The summed E-state index contributed by atoms with van der Waals surface area (Å²) < 4.78 is 0. The molecule has 0 aromatic heterocycles. The number of rotatable bonds is 6. The molecule has 0 saturated carbocycles. The van der Waals surface area contributed by atoms with E-state index in [0.717, 1.165) is 5.56 Å². The molecule has 2 aromatic carbocycles. The highest BCUT2D eigenvalue weighted by Gasteiger charge is 2.17. The second kappa shape index (κ2) is 6.82. The molecule has 6 nitrogen and oxygen atoms in total. The van der Waals surface area contributed by atoms with Crippen LogP contribution in [0.4, 0.5) is 11.4 Å². The minimum absolute atomic E-state index is 0.129. The number of benzene rings is 2. The predicted molar refractivity (Wildman–Crippen MR) is 83.0 cm³/mol. The molecular formula is C16H16N2O4. The van der Waals surface area contributed by atoms with Crippen LogP contribution in [0.2, 0.25) is 0 Å². The Morgan fingerprint density at radius 3 is 2.55 bits per heavy atom. The predicted octanol–water partition coefficient (Wildman–Crippen LogP) is 2.94. The molecule has 0 fully saturated rings. The van der Waals surface area contributed by atoms with Gasteiger partial charge in [0.2, 0.25) is 0 Å². The summed E-state index contributed by atoms with van der Waals surface area (Å²) in [6.45, 7) is 1.48. The Labute approximate surface area is 127 Å². The van der Waals surface area contributed by atoms with Gasteiger partial charge in [-0.15, -0.1) is 0 Å². The van der Waals surface area contributed by atoms with Gasteiger partial charge in [-0.2, -0.15) is 0 Å². The van der Waals surface area contributed by atoms with Crippen LogP contribution in [0.25, 0.3) is 0 Å².